The van der Waals surface area contributed by atoms with Crippen molar-refractivity contribution in [2.75, 3.05) is 26.2 Å². The highest BCUT2D eigenvalue weighted by molar-refractivity contribution is 7.89. The minimum absolute atomic E-state index is 0.221. The zero-order valence-corrected chi connectivity index (χ0v) is 18.1. The number of alkyl halides is 3. The zero-order valence-electron chi connectivity index (χ0n) is 17.3. The van der Waals surface area contributed by atoms with Crippen molar-refractivity contribution < 1.29 is 36.4 Å². The second-order valence-corrected chi connectivity index (χ2v) is 9.37. The molecule has 0 spiro atoms. The molecule has 11 nitrogen and oxygen atoms in total. The van der Waals surface area contributed by atoms with Crippen molar-refractivity contribution in [2.24, 2.45) is 7.05 Å². The number of imidazole rings is 1. The Balaban J connectivity index is 1.73. The standard InChI is InChI=1S/C18H20F3N5O6S/c1-23-6-5-22-16(23)17(28,18(19,20)21)12-15(27)24-7-9-25(10-8-24)33(31,32)14-4-2-3-13(11-14)26(29)30/h2-6,11,28H,7-10,12H2,1H3. The van der Waals surface area contributed by atoms with Crippen molar-refractivity contribution in [2.45, 2.75) is 23.1 Å². The second-order valence-electron chi connectivity index (χ2n) is 7.44. The van der Waals surface area contributed by atoms with Gasteiger partial charge in [0.1, 0.15) is 0 Å². The Morgan fingerprint density at radius 1 is 1.24 bits per heavy atom. The van der Waals surface area contributed by atoms with Crippen molar-refractivity contribution >= 4 is 21.6 Å². The van der Waals surface area contributed by atoms with Gasteiger partial charge in [0.05, 0.1) is 16.2 Å². The molecule has 1 amide bonds. The molecule has 1 N–H and O–H groups in total. The van der Waals surface area contributed by atoms with Gasteiger partial charge in [-0.1, -0.05) is 6.07 Å². The van der Waals surface area contributed by atoms with Crippen molar-refractivity contribution in [3.05, 3.63) is 52.6 Å². The average molecular weight is 491 g/mol. The quantitative estimate of drug-likeness (QED) is 0.470. The van der Waals surface area contributed by atoms with Gasteiger partial charge in [-0.3, -0.25) is 14.9 Å². The predicted molar refractivity (Wildman–Crippen MR) is 106 cm³/mol. The van der Waals surface area contributed by atoms with Crippen molar-refractivity contribution in [1.82, 2.24) is 18.8 Å². The normalized spacial score (nSPS) is 17.5. The molecule has 1 aliphatic heterocycles. The number of nitro benzene ring substituents is 1. The molecule has 1 unspecified atom stereocenters. The summed E-state index contributed by atoms with van der Waals surface area (Å²) in [5.41, 5.74) is -3.93. The number of aromatic nitrogens is 2. The zero-order chi connectivity index (χ0) is 24.6. The summed E-state index contributed by atoms with van der Waals surface area (Å²) in [7, 11) is -2.87. The third-order valence-corrected chi connectivity index (χ3v) is 7.22. The van der Waals surface area contributed by atoms with E-state index in [0.717, 1.165) is 32.1 Å². The van der Waals surface area contributed by atoms with E-state index in [9.17, 15) is 41.6 Å². The third kappa shape index (κ3) is 4.69. The number of non-ortho nitro benzene ring substituents is 1. The van der Waals surface area contributed by atoms with Crippen molar-refractivity contribution in [1.29, 1.82) is 0 Å². The summed E-state index contributed by atoms with van der Waals surface area (Å²) < 4.78 is 68.5. The van der Waals surface area contributed by atoms with Crippen LogP contribution in [-0.4, -0.2) is 75.5 Å². The van der Waals surface area contributed by atoms with Crippen LogP contribution in [-0.2, 0) is 27.5 Å². The first-order valence-corrected chi connectivity index (χ1v) is 11.0. The van der Waals surface area contributed by atoms with E-state index in [-0.39, 0.29) is 31.1 Å². The Bertz CT molecular complexity index is 1160. The Labute approximate surface area is 186 Å². The Morgan fingerprint density at radius 3 is 2.39 bits per heavy atom. The lowest BCUT2D eigenvalue weighted by Gasteiger charge is -2.36. The number of carbonyl (C=O) groups excluding carboxylic acids is 1. The van der Waals surface area contributed by atoms with Gasteiger partial charge in [0, 0.05) is 57.8 Å². The van der Waals surface area contributed by atoms with Crippen LogP contribution in [0, 0.1) is 10.1 Å². The predicted octanol–water partition coefficient (Wildman–Crippen LogP) is 1.00. The van der Waals surface area contributed by atoms with Gasteiger partial charge in [-0.25, -0.2) is 13.4 Å². The first-order valence-electron chi connectivity index (χ1n) is 9.56. The molecule has 1 saturated heterocycles. The summed E-state index contributed by atoms with van der Waals surface area (Å²) in [5.74, 6) is -1.76. The second kappa shape index (κ2) is 8.72. The van der Waals surface area contributed by atoms with E-state index in [4.69, 9.17) is 0 Å². The summed E-state index contributed by atoms with van der Waals surface area (Å²) in [5, 5.41) is 21.3. The van der Waals surface area contributed by atoms with Crippen LogP contribution in [0.2, 0.25) is 0 Å². The SMILES string of the molecule is Cn1ccnc1C(O)(CC(=O)N1CCN(S(=O)(=O)c2cccc([N+](=O)[O-])c2)CC1)C(F)(F)F. The van der Waals surface area contributed by atoms with Crippen LogP contribution in [0.3, 0.4) is 0 Å². The molecule has 0 radical (unpaired) electrons. The highest BCUT2D eigenvalue weighted by atomic mass is 32.2. The first kappa shape index (κ1) is 24.6. The van der Waals surface area contributed by atoms with Gasteiger partial charge in [0.2, 0.25) is 21.5 Å². The number of piperazine rings is 1. The number of sulfonamides is 1. The topological polar surface area (TPSA) is 139 Å². The number of benzene rings is 1. The van der Waals surface area contributed by atoms with E-state index >= 15 is 0 Å². The molecular weight excluding hydrogens is 471 g/mol. The summed E-state index contributed by atoms with van der Waals surface area (Å²) in [6.45, 7) is -0.907. The Hall–Kier alpha value is -3.04. The first-order chi connectivity index (χ1) is 15.3. The van der Waals surface area contributed by atoms with Gasteiger partial charge in [0.15, 0.2) is 5.82 Å². The smallest absolute Gasteiger partial charge is 0.374 e. The number of hydrogen-bond acceptors (Lipinski definition) is 7. The number of rotatable bonds is 6. The minimum atomic E-state index is -5.19. The monoisotopic (exact) mass is 491 g/mol. The lowest BCUT2D eigenvalue weighted by molar-refractivity contribution is -0.385. The third-order valence-electron chi connectivity index (χ3n) is 5.32. The molecule has 0 aliphatic carbocycles. The number of aryl methyl sites for hydroxylation is 1. The molecule has 1 aliphatic rings. The van der Waals surface area contributed by atoms with Gasteiger partial charge in [-0.2, -0.15) is 17.5 Å². The maximum atomic E-state index is 13.7. The van der Waals surface area contributed by atoms with Crippen LogP contribution in [0.15, 0.2) is 41.6 Å². The summed E-state index contributed by atoms with van der Waals surface area (Å²) >= 11 is 0. The molecule has 0 saturated carbocycles. The minimum Gasteiger partial charge on any atom is -0.374 e. The molecule has 33 heavy (non-hydrogen) atoms. The number of nitro groups is 1. The lowest BCUT2D eigenvalue weighted by atomic mass is 9.96. The average Bonchev–Trinajstić information content (AvgIpc) is 3.19. The number of nitrogens with zero attached hydrogens (tertiary/aromatic N) is 5. The van der Waals surface area contributed by atoms with E-state index in [0.29, 0.717) is 0 Å². The summed E-state index contributed by atoms with van der Waals surface area (Å²) in [6.07, 6.45) is -4.24. The molecule has 1 aromatic heterocycles. The summed E-state index contributed by atoms with van der Waals surface area (Å²) in [4.78, 5) is 27.0. The van der Waals surface area contributed by atoms with Crippen LogP contribution in [0.4, 0.5) is 18.9 Å². The van der Waals surface area contributed by atoms with Gasteiger partial charge in [0.25, 0.3) is 5.69 Å². The molecule has 15 heteroatoms. The molecule has 1 fully saturated rings. The number of carbonyl (C=O) groups is 1. The van der Waals surface area contributed by atoms with Crippen molar-refractivity contribution in [3.8, 4) is 0 Å². The lowest BCUT2D eigenvalue weighted by Crippen LogP contribution is -2.53. The number of aliphatic hydroxyl groups is 1. The van der Waals surface area contributed by atoms with Crippen LogP contribution in [0.5, 0.6) is 0 Å². The fourth-order valence-electron chi connectivity index (χ4n) is 3.49. The number of hydrogen-bond donors (Lipinski definition) is 1. The fraction of sp³-hybridized carbons (Fsp3) is 0.444. The van der Waals surface area contributed by atoms with Gasteiger partial charge < -0.3 is 14.6 Å². The maximum Gasteiger partial charge on any atom is 0.425 e. The number of amides is 1. The number of halogens is 3. The van der Waals surface area contributed by atoms with Gasteiger partial charge >= 0.3 is 6.18 Å². The maximum absolute atomic E-state index is 13.7. The Morgan fingerprint density at radius 2 is 1.88 bits per heavy atom. The molecule has 2 aromatic rings. The molecule has 1 atom stereocenters. The van der Waals surface area contributed by atoms with Crippen molar-refractivity contribution in [3.63, 3.8) is 0 Å². The molecule has 3 rings (SSSR count). The fourth-order valence-corrected chi connectivity index (χ4v) is 4.95. The van der Waals surface area contributed by atoms with E-state index in [2.05, 4.69) is 4.98 Å². The van der Waals surface area contributed by atoms with Crippen LogP contribution in [0.1, 0.15) is 12.2 Å². The van der Waals surface area contributed by atoms with Crippen LogP contribution >= 0.6 is 0 Å². The van der Waals surface area contributed by atoms with E-state index in [1.54, 1.807) is 0 Å². The largest absolute Gasteiger partial charge is 0.425 e. The van der Waals surface area contributed by atoms with E-state index < -0.39 is 50.6 Å². The molecule has 0 bridgehead atoms. The van der Waals surface area contributed by atoms with Gasteiger partial charge in [-0.15, -0.1) is 0 Å². The highest BCUT2D eigenvalue weighted by Gasteiger charge is 2.59. The van der Waals surface area contributed by atoms with Crippen LogP contribution < -0.4 is 0 Å². The molecule has 2 heterocycles. The van der Waals surface area contributed by atoms with Gasteiger partial charge in [-0.05, 0) is 6.07 Å². The highest BCUT2D eigenvalue weighted by Crippen LogP contribution is 2.41. The van der Waals surface area contributed by atoms with E-state index in [1.165, 1.54) is 25.4 Å². The van der Waals surface area contributed by atoms with Crippen LogP contribution in [0.25, 0.3) is 0 Å². The van der Waals surface area contributed by atoms with E-state index in [1.807, 2.05) is 0 Å². The molecule has 180 valence electrons. The molecular formula is C18H20F3N5O6S. The molecule has 1 aromatic carbocycles. The summed E-state index contributed by atoms with van der Waals surface area (Å²) in [6, 6.07) is 4.46. The Kier molecular flexibility index (Phi) is 6.50.